The second-order valence-corrected chi connectivity index (χ2v) is 6.91. The van der Waals surface area contributed by atoms with Gasteiger partial charge in [-0.2, -0.15) is 0 Å². The van der Waals surface area contributed by atoms with Crippen LogP contribution in [0.3, 0.4) is 0 Å². The van der Waals surface area contributed by atoms with Gasteiger partial charge in [0, 0.05) is 6.04 Å². The summed E-state index contributed by atoms with van der Waals surface area (Å²) in [6.45, 7) is 2.63. The van der Waals surface area contributed by atoms with Gasteiger partial charge in [-0.05, 0) is 43.1 Å². The van der Waals surface area contributed by atoms with Crippen molar-refractivity contribution in [2.75, 3.05) is 18.6 Å². The molecule has 0 bridgehead atoms. The fraction of sp³-hybridized carbons (Fsp3) is 0.556. The molecule has 0 amide bonds. The number of benzene rings is 1. The number of carbonyl (C=O) groups is 1. The molecule has 1 aliphatic carbocycles. The molecule has 0 spiro atoms. The van der Waals surface area contributed by atoms with E-state index in [0.717, 1.165) is 12.1 Å². The van der Waals surface area contributed by atoms with Crippen molar-refractivity contribution >= 4 is 29.0 Å². The van der Waals surface area contributed by atoms with Crippen LogP contribution < -0.4 is 15.0 Å². The van der Waals surface area contributed by atoms with Gasteiger partial charge in [0.1, 0.15) is 5.75 Å². The Morgan fingerprint density at radius 3 is 2.83 bits per heavy atom. The molecule has 0 aromatic heterocycles. The van der Waals surface area contributed by atoms with Gasteiger partial charge < -0.3 is 19.7 Å². The number of rotatable bonds is 2. The number of anilines is 1. The molecular weight excluding hydrogens is 324 g/mol. The number of ether oxygens (including phenoxy) is 2. The third-order valence-electron chi connectivity index (χ3n) is 4.90. The number of hydrogen-bond acceptors (Lipinski definition) is 4. The summed E-state index contributed by atoms with van der Waals surface area (Å²) in [5.74, 6) is 0.868. The minimum Gasteiger partial charge on any atom is -0.475 e. The van der Waals surface area contributed by atoms with Gasteiger partial charge in [-0.15, -0.1) is 0 Å². The first kappa shape index (κ1) is 17.0. The van der Waals surface area contributed by atoms with Gasteiger partial charge >= 0.3 is 5.97 Å². The minimum atomic E-state index is -0.673. The molecule has 1 heterocycles. The Kier molecular flexibility index (Phi) is 5.23. The van der Waals surface area contributed by atoms with E-state index >= 15 is 0 Å². The van der Waals surface area contributed by atoms with Crippen LogP contribution in [0, 0.1) is 5.92 Å². The molecule has 0 radical (unpaired) electrons. The predicted molar refractivity (Wildman–Crippen MR) is 97.4 cm³/mol. The smallest absolute Gasteiger partial charge is 0.348 e. The maximum absolute atomic E-state index is 11.9. The van der Waals surface area contributed by atoms with Gasteiger partial charge in [0.05, 0.1) is 19.3 Å². The largest absolute Gasteiger partial charge is 0.475 e. The van der Waals surface area contributed by atoms with E-state index in [-0.39, 0.29) is 5.97 Å². The molecule has 0 saturated heterocycles. The number of nitrogens with zero attached hydrogens (tertiary/aromatic N) is 1. The summed E-state index contributed by atoms with van der Waals surface area (Å²) in [7, 11) is 1.37. The number of nitrogens with one attached hydrogen (secondary N) is 1. The summed E-state index contributed by atoms with van der Waals surface area (Å²) >= 11 is 5.67. The molecule has 130 valence electrons. The highest BCUT2D eigenvalue weighted by molar-refractivity contribution is 7.80. The van der Waals surface area contributed by atoms with Crippen LogP contribution in [0.25, 0.3) is 0 Å². The minimum absolute atomic E-state index is 0.358. The molecule has 1 saturated carbocycles. The van der Waals surface area contributed by atoms with Crippen molar-refractivity contribution in [1.29, 1.82) is 0 Å². The lowest BCUT2D eigenvalue weighted by molar-refractivity contribution is -0.148. The number of thiocarbonyl (C=S) groups is 1. The Hall–Kier alpha value is -1.82. The van der Waals surface area contributed by atoms with Crippen LogP contribution in [0.4, 0.5) is 5.69 Å². The fourth-order valence-electron chi connectivity index (χ4n) is 3.45. The molecule has 6 heteroatoms. The highest BCUT2D eigenvalue weighted by Crippen LogP contribution is 2.34. The van der Waals surface area contributed by atoms with Crippen molar-refractivity contribution in [1.82, 2.24) is 5.32 Å². The first-order valence-electron chi connectivity index (χ1n) is 8.51. The number of carbonyl (C=O) groups excluding carboxylic acids is 1. The van der Waals surface area contributed by atoms with E-state index in [1.54, 1.807) is 0 Å². The summed E-state index contributed by atoms with van der Waals surface area (Å²) in [6, 6.07) is 8.03. The summed E-state index contributed by atoms with van der Waals surface area (Å²) < 4.78 is 10.6. The Morgan fingerprint density at radius 2 is 2.08 bits per heavy atom. The van der Waals surface area contributed by atoms with Crippen LogP contribution in [0.2, 0.25) is 0 Å². The Morgan fingerprint density at radius 1 is 1.33 bits per heavy atom. The molecule has 24 heavy (non-hydrogen) atoms. The zero-order chi connectivity index (χ0) is 17.1. The van der Waals surface area contributed by atoms with E-state index in [2.05, 4.69) is 12.2 Å². The molecule has 3 atom stereocenters. The highest BCUT2D eigenvalue weighted by Gasteiger charge is 2.34. The average molecular weight is 348 g/mol. The summed E-state index contributed by atoms with van der Waals surface area (Å²) in [6.07, 6.45) is 4.21. The monoisotopic (exact) mass is 348 g/mol. The van der Waals surface area contributed by atoms with E-state index in [9.17, 15) is 4.79 Å². The molecule has 1 aromatic rings. The van der Waals surface area contributed by atoms with Crippen molar-refractivity contribution in [3.8, 4) is 5.75 Å². The highest BCUT2D eigenvalue weighted by atomic mass is 32.1. The second kappa shape index (κ2) is 7.38. The van der Waals surface area contributed by atoms with Gasteiger partial charge in [0.25, 0.3) is 0 Å². The lowest BCUT2D eigenvalue weighted by atomic mass is 9.86. The number of para-hydroxylation sites is 2. The predicted octanol–water partition coefficient (Wildman–Crippen LogP) is 2.88. The molecule has 1 aromatic carbocycles. The average Bonchev–Trinajstić information content (AvgIpc) is 2.61. The maximum atomic E-state index is 11.9. The van der Waals surface area contributed by atoms with Crippen molar-refractivity contribution in [3.63, 3.8) is 0 Å². The zero-order valence-corrected chi connectivity index (χ0v) is 15.0. The number of methoxy groups -OCH3 is 1. The van der Waals surface area contributed by atoms with Crippen LogP contribution in [0.5, 0.6) is 5.75 Å². The molecule has 2 aliphatic rings. The van der Waals surface area contributed by atoms with E-state index < -0.39 is 6.10 Å². The fourth-order valence-corrected chi connectivity index (χ4v) is 3.77. The first-order valence-corrected chi connectivity index (χ1v) is 8.92. The molecular formula is C18H24N2O3S. The number of esters is 1. The van der Waals surface area contributed by atoms with E-state index in [0.29, 0.717) is 29.4 Å². The Labute approximate surface area is 148 Å². The SMILES string of the molecule is COC(=O)[C@H]1CN(C(=S)N[C@@H]2CCCC[C@@H]2C)c2ccccc2O1. The van der Waals surface area contributed by atoms with Crippen molar-refractivity contribution < 1.29 is 14.3 Å². The lowest BCUT2D eigenvalue weighted by Gasteiger charge is -2.38. The summed E-state index contributed by atoms with van der Waals surface area (Å²) in [5, 5.41) is 4.16. The third kappa shape index (κ3) is 3.48. The summed E-state index contributed by atoms with van der Waals surface area (Å²) in [5.41, 5.74) is 0.888. The number of fused-ring (bicyclic) bond motifs is 1. The quantitative estimate of drug-likeness (QED) is 0.655. The molecule has 1 aliphatic heterocycles. The van der Waals surface area contributed by atoms with E-state index in [1.807, 2.05) is 29.2 Å². The van der Waals surface area contributed by atoms with Gasteiger partial charge in [-0.25, -0.2) is 4.79 Å². The third-order valence-corrected chi connectivity index (χ3v) is 5.24. The zero-order valence-electron chi connectivity index (χ0n) is 14.2. The maximum Gasteiger partial charge on any atom is 0.348 e. The Balaban J connectivity index is 1.79. The lowest BCUT2D eigenvalue weighted by Crippen LogP contribution is -2.53. The molecule has 1 N–H and O–H groups in total. The van der Waals surface area contributed by atoms with Gasteiger partial charge in [0.2, 0.25) is 6.10 Å². The molecule has 0 unspecified atom stereocenters. The van der Waals surface area contributed by atoms with Crippen LogP contribution in [-0.2, 0) is 9.53 Å². The Bertz CT molecular complexity index is 622. The molecule has 3 rings (SSSR count). The van der Waals surface area contributed by atoms with Crippen LogP contribution in [0.1, 0.15) is 32.6 Å². The van der Waals surface area contributed by atoms with Crippen LogP contribution in [-0.4, -0.2) is 36.9 Å². The van der Waals surface area contributed by atoms with Crippen molar-refractivity contribution in [2.45, 2.75) is 44.8 Å². The second-order valence-electron chi connectivity index (χ2n) is 6.53. The van der Waals surface area contributed by atoms with E-state index in [1.165, 1.54) is 26.4 Å². The summed E-state index contributed by atoms with van der Waals surface area (Å²) in [4.78, 5) is 13.9. The molecule has 1 fully saturated rings. The first-order chi connectivity index (χ1) is 11.6. The van der Waals surface area contributed by atoms with Crippen LogP contribution in [0.15, 0.2) is 24.3 Å². The van der Waals surface area contributed by atoms with Crippen LogP contribution >= 0.6 is 12.2 Å². The standard InChI is InChI=1S/C18H24N2O3S/c1-12-7-3-4-8-13(12)19-18(24)20-11-16(17(21)22-2)23-15-10-6-5-9-14(15)20/h5-6,9-10,12-13,16H,3-4,7-8,11H2,1-2H3,(H,19,24)/t12-,13+,16+/m0/s1. The van der Waals surface area contributed by atoms with E-state index in [4.69, 9.17) is 21.7 Å². The topological polar surface area (TPSA) is 50.8 Å². The van der Waals surface area contributed by atoms with Gasteiger partial charge in [0.15, 0.2) is 5.11 Å². The van der Waals surface area contributed by atoms with Crippen molar-refractivity contribution in [2.24, 2.45) is 5.92 Å². The normalized spacial score (nSPS) is 26.1. The van der Waals surface area contributed by atoms with Gasteiger partial charge in [-0.3, -0.25) is 0 Å². The van der Waals surface area contributed by atoms with Crippen molar-refractivity contribution in [3.05, 3.63) is 24.3 Å². The molecule has 5 nitrogen and oxygen atoms in total. The number of hydrogen-bond donors (Lipinski definition) is 1. The van der Waals surface area contributed by atoms with Gasteiger partial charge in [-0.1, -0.05) is 31.9 Å².